The zero-order valence-electron chi connectivity index (χ0n) is 12.6. The Morgan fingerprint density at radius 1 is 1.38 bits per heavy atom. The third kappa shape index (κ3) is 3.82. The van der Waals surface area contributed by atoms with Gasteiger partial charge in [0.05, 0.1) is 5.92 Å². The van der Waals surface area contributed by atoms with Gasteiger partial charge in [-0.3, -0.25) is 9.59 Å². The van der Waals surface area contributed by atoms with E-state index in [4.69, 9.17) is 5.73 Å². The minimum atomic E-state index is -0.325. The molecule has 2 rings (SSSR count). The number of hydrogen-bond donors (Lipinski definition) is 2. The van der Waals surface area contributed by atoms with E-state index in [0.717, 1.165) is 5.56 Å². The molecule has 5 nitrogen and oxygen atoms in total. The number of benzene rings is 1. The molecule has 1 aliphatic heterocycles. The van der Waals surface area contributed by atoms with Crippen LogP contribution in [0.1, 0.15) is 31.4 Å². The molecule has 3 N–H and O–H groups in total. The van der Waals surface area contributed by atoms with E-state index in [1.54, 1.807) is 11.9 Å². The highest BCUT2D eigenvalue weighted by molar-refractivity contribution is 5.80. The van der Waals surface area contributed by atoms with Crippen LogP contribution in [0, 0.1) is 5.92 Å². The number of rotatable bonds is 4. The Morgan fingerprint density at radius 2 is 2.05 bits per heavy atom. The van der Waals surface area contributed by atoms with E-state index >= 15 is 0 Å². The maximum Gasteiger partial charge on any atom is 0.225 e. The summed E-state index contributed by atoms with van der Waals surface area (Å²) in [4.78, 5) is 25.4. The fraction of sp³-hybridized carbons (Fsp3) is 0.500. The molecule has 1 heterocycles. The fourth-order valence-electron chi connectivity index (χ4n) is 2.59. The molecule has 114 valence electrons. The maximum atomic E-state index is 12.3. The van der Waals surface area contributed by atoms with Crippen molar-refractivity contribution in [1.82, 2.24) is 10.2 Å². The normalized spacial score (nSPS) is 21.8. The summed E-state index contributed by atoms with van der Waals surface area (Å²) >= 11 is 0. The summed E-state index contributed by atoms with van der Waals surface area (Å²) in [6.45, 7) is 2.41. The zero-order valence-corrected chi connectivity index (χ0v) is 12.6. The predicted molar refractivity (Wildman–Crippen MR) is 81.3 cm³/mol. The van der Waals surface area contributed by atoms with Crippen molar-refractivity contribution < 1.29 is 9.59 Å². The molecule has 2 amide bonds. The minimum Gasteiger partial charge on any atom is -0.351 e. The highest BCUT2D eigenvalue weighted by atomic mass is 16.2. The number of hydrogen-bond acceptors (Lipinski definition) is 3. The Labute approximate surface area is 125 Å². The van der Waals surface area contributed by atoms with Gasteiger partial charge in [0.15, 0.2) is 0 Å². The lowest BCUT2D eigenvalue weighted by Crippen LogP contribution is -2.50. The van der Waals surface area contributed by atoms with Crippen molar-refractivity contribution >= 4 is 11.8 Å². The summed E-state index contributed by atoms with van der Waals surface area (Å²) in [6.07, 6.45) is 1.18. The van der Waals surface area contributed by atoms with Crippen LogP contribution in [0.25, 0.3) is 0 Å². The maximum absolute atomic E-state index is 12.3. The third-order valence-electron chi connectivity index (χ3n) is 4.11. The molecule has 0 radical (unpaired) electrons. The SMILES string of the molecule is CC(C(=O)NC1CCC(=O)N(C)C1)C(N)c1ccccc1. The van der Waals surface area contributed by atoms with Crippen molar-refractivity contribution in [1.29, 1.82) is 0 Å². The molecule has 0 aliphatic carbocycles. The molecule has 0 bridgehead atoms. The predicted octanol–water partition coefficient (Wildman–Crippen LogP) is 1.06. The van der Waals surface area contributed by atoms with E-state index in [0.29, 0.717) is 19.4 Å². The van der Waals surface area contributed by atoms with E-state index < -0.39 is 0 Å². The van der Waals surface area contributed by atoms with E-state index in [1.807, 2.05) is 37.3 Å². The van der Waals surface area contributed by atoms with Gasteiger partial charge in [-0.05, 0) is 12.0 Å². The van der Waals surface area contributed by atoms with Crippen molar-refractivity contribution in [3.63, 3.8) is 0 Å². The summed E-state index contributed by atoms with van der Waals surface area (Å²) in [5.74, 6) is -0.232. The molecule has 21 heavy (non-hydrogen) atoms. The van der Waals surface area contributed by atoms with Gasteiger partial charge >= 0.3 is 0 Å². The molecule has 1 aromatic rings. The quantitative estimate of drug-likeness (QED) is 0.870. The van der Waals surface area contributed by atoms with E-state index in [-0.39, 0.29) is 29.8 Å². The van der Waals surface area contributed by atoms with E-state index in [2.05, 4.69) is 5.32 Å². The van der Waals surface area contributed by atoms with Gasteiger partial charge in [0.25, 0.3) is 0 Å². The largest absolute Gasteiger partial charge is 0.351 e. The van der Waals surface area contributed by atoms with Crippen LogP contribution in [-0.2, 0) is 9.59 Å². The molecular formula is C16H23N3O2. The van der Waals surface area contributed by atoms with Gasteiger partial charge in [-0.2, -0.15) is 0 Å². The topological polar surface area (TPSA) is 75.4 Å². The van der Waals surface area contributed by atoms with Crippen molar-refractivity contribution in [2.45, 2.75) is 31.8 Å². The molecular weight excluding hydrogens is 266 g/mol. The second kappa shape index (κ2) is 6.72. The average molecular weight is 289 g/mol. The van der Waals surface area contributed by atoms with Crippen LogP contribution in [0.5, 0.6) is 0 Å². The molecule has 1 saturated heterocycles. The van der Waals surface area contributed by atoms with Crippen molar-refractivity contribution in [2.75, 3.05) is 13.6 Å². The number of likely N-dealkylation sites (N-methyl/N-ethyl adjacent to an activating group) is 1. The monoisotopic (exact) mass is 289 g/mol. The number of amides is 2. The number of carbonyl (C=O) groups excluding carboxylic acids is 2. The van der Waals surface area contributed by atoms with Gasteiger partial charge in [0.1, 0.15) is 0 Å². The van der Waals surface area contributed by atoms with Gasteiger partial charge in [-0.1, -0.05) is 37.3 Å². The van der Waals surface area contributed by atoms with Gasteiger partial charge in [-0.25, -0.2) is 0 Å². The number of nitrogens with zero attached hydrogens (tertiary/aromatic N) is 1. The van der Waals surface area contributed by atoms with Crippen LogP contribution in [0.4, 0.5) is 0 Å². The molecule has 0 saturated carbocycles. The summed E-state index contributed by atoms with van der Waals surface area (Å²) in [5, 5.41) is 3.01. The molecule has 1 aliphatic rings. The van der Waals surface area contributed by atoms with Gasteiger partial charge < -0.3 is 16.0 Å². The molecule has 3 unspecified atom stereocenters. The van der Waals surface area contributed by atoms with E-state index in [9.17, 15) is 9.59 Å². The van der Waals surface area contributed by atoms with Crippen LogP contribution in [0.2, 0.25) is 0 Å². The van der Waals surface area contributed by atoms with E-state index in [1.165, 1.54) is 0 Å². The molecule has 0 aromatic heterocycles. The number of carbonyl (C=O) groups is 2. The third-order valence-corrected chi connectivity index (χ3v) is 4.11. The highest BCUT2D eigenvalue weighted by Gasteiger charge is 2.28. The van der Waals surface area contributed by atoms with Crippen LogP contribution in [-0.4, -0.2) is 36.3 Å². The summed E-state index contributed by atoms with van der Waals surface area (Å²) in [5.41, 5.74) is 7.12. The van der Waals surface area contributed by atoms with Crippen LogP contribution >= 0.6 is 0 Å². The first-order chi connectivity index (χ1) is 9.99. The molecule has 1 fully saturated rings. The molecule has 1 aromatic carbocycles. The van der Waals surface area contributed by atoms with Gasteiger partial charge in [0, 0.05) is 32.1 Å². The van der Waals surface area contributed by atoms with Crippen molar-refractivity contribution in [3.8, 4) is 0 Å². The molecule has 5 heteroatoms. The zero-order chi connectivity index (χ0) is 15.4. The number of nitrogens with one attached hydrogen (secondary N) is 1. The highest BCUT2D eigenvalue weighted by Crippen LogP contribution is 2.20. The number of nitrogens with two attached hydrogens (primary N) is 1. The first kappa shape index (κ1) is 15.5. The van der Waals surface area contributed by atoms with Crippen LogP contribution in [0.15, 0.2) is 30.3 Å². The van der Waals surface area contributed by atoms with Crippen LogP contribution < -0.4 is 11.1 Å². The van der Waals surface area contributed by atoms with Crippen LogP contribution in [0.3, 0.4) is 0 Å². The Bertz CT molecular complexity index is 504. The summed E-state index contributed by atoms with van der Waals surface area (Å²) in [7, 11) is 1.76. The molecule has 0 spiro atoms. The smallest absolute Gasteiger partial charge is 0.225 e. The average Bonchev–Trinajstić information content (AvgIpc) is 2.50. The lowest BCUT2D eigenvalue weighted by Gasteiger charge is -2.31. The number of piperidine rings is 1. The standard InChI is InChI=1S/C16H23N3O2/c1-11(15(17)12-6-4-3-5-7-12)16(21)18-13-8-9-14(20)19(2)10-13/h3-7,11,13,15H,8-10,17H2,1-2H3,(H,18,21). The second-order valence-electron chi connectivity index (χ2n) is 5.74. The summed E-state index contributed by atoms with van der Waals surface area (Å²) < 4.78 is 0. The Kier molecular flexibility index (Phi) is 4.96. The summed E-state index contributed by atoms with van der Waals surface area (Å²) in [6, 6.07) is 9.32. The second-order valence-corrected chi connectivity index (χ2v) is 5.74. The lowest BCUT2D eigenvalue weighted by atomic mass is 9.94. The molecule has 3 atom stereocenters. The Balaban J connectivity index is 1.92. The Morgan fingerprint density at radius 3 is 2.67 bits per heavy atom. The number of likely N-dealkylation sites (tertiary alicyclic amines) is 1. The fourth-order valence-corrected chi connectivity index (χ4v) is 2.59. The first-order valence-corrected chi connectivity index (χ1v) is 7.34. The minimum absolute atomic E-state index is 0.0191. The Hall–Kier alpha value is -1.88. The first-order valence-electron chi connectivity index (χ1n) is 7.34. The van der Waals surface area contributed by atoms with Crippen molar-refractivity contribution in [3.05, 3.63) is 35.9 Å². The van der Waals surface area contributed by atoms with Gasteiger partial charge in [-0.15, -0.1) is 0 Å². The van der Waals surface area contributed by atoms with Gasteiger partial charge in [0.2, 0.25) is 11.8 Å². The lowest BCUT2D eigenvalue weighted by molar-refractivity contribution is -0.134. The van der Waals surface area contributed by atoms with Crippen molar-refractivity contribution in [2.24, 2.45) is 11.7 Å².